The molecule has 0 atom stereocenters. The van der Waals surface area contributed by atoms with Gasteiger partial charge in [0.05, 0.1) is 18.8 Å². The Labute approximate surface area is 161 Å². The number of ether oxygens (including phenoxy) is 1. The minimum atomic E-state index is -0.899. The minimum absolute atomic E-state index is 0.0863. The highest BCUT2D eigenvalue weighted by atomic mass is 32.1. The molecular formula is C19H21N3O4S. The van der Waals surface area contributed by atoms with Gasteiger partial charge in [0.1, 0.15) is 10.7 Å². The molecule has 2 amide bonds. The van der Waals surface area contributed by atoms with Gasteiger partial charge in [0, 0.05) is 30.6 Å². The van der Waals surface area contributed by atoms with Crippen LogP contribution in [0.1, 0.15) is 23.3 Å². The van der Waals surface area contributed by atoms with Gasteiger partial charge < -0.3 is 19.6 Å². The SMILES string of the molecule is O=C(O)N1CCC2(CC1)CN(C(=O)c1csc(-c3ccccc3)n1)CCO2. The molecule has 0 bridgehead atoms. The Morgan fingerprint density at radius 3 is 2.56 bits per heavy atom. The summed E-state index contributed by atoms with van der Waals surface area (Å²) in [4.78, 5) is 31.8. The van der Waals surface area contributed by atoms with E-state index >= 15 is 0 Å². The van der Waals surface area contributed by atoms with Crippen molar-refractivity contribution in [3.8, 4) is 10.6 Å². The number of rotatable bonds is 2. The van der Waals surface area contributed by atoms with Gasteiger partial charge in [-0.15, -0.1) is 11.3 Å². The summed E-state index contributed by atoms with van der Waals surface area (Å²) >= 11 is 1.46. The van der Waals surface area contributed by atoms with E-state index in [4.69, 9.17) is 9.84 Å². The van der Waals surface area contributed by atoms with Crippen molar-refractivity contribution in [3.63, 3.8) is 0 Å². The summed E-state index contributed by atoms with van der Waals surface area (Å²) in [6, 6.07) is 9.81. The second-order valence-corrected chi connectivity index (χ2v) is 7.79. The molecule has 0 radical (unpaired) electrons. The fraction of sp³-hybridized carbons (Fsp3) is 0.421. The van der Waals surface area contributed by atoms with Gasteiger partial charge in [-0.05, 0) is 12.8 Å². The monoisotopic (exact) mass is 387 g/mol. The molecule has 3 heterocycles. The number of carbonyl (C=O) groups excluding carboxylic acids is 1. The van der Waals surface area contributed by atoms with Gasteiger partial charge in [-0.1, -0.05) is 30.3 Å². The van der Waals surface area contributed by atoms with E-state index in [1.807, 2.05) is 30.3 Å². The number of nitrogens with zero attached hydrogens (tertiary/aromatic N) is 3. The van der Waals surface area contributed by atoms with Crippen LogP contribution in [0.2, 0.25) is 0 Å². The molecule has 2 aliphatic rings. The van der Waals surface area contributed by atoms with Crippen molar-refractivity contribution in [2.75, 3.05) is 32.8 Å². The van der Waals surface area contributed by atoms with Crippen LogP contribution in [0.15, 0.2) is 35.7 Å². The van der Waals surface area contributed by atoms with Crippen molar-refractivity contribution < 1.29 is 19.4 Å². The van der Waals surface area contributed by atoms with Gasteiger partial charge in [-0.2, -0.15) is 0 Å². The Kier molecular flexibility index (Phi) is 4.84. The molecule has 27 heavy (non-hydrogen) atoms. The number of thiazole rings is 1. The number of benzene rings is 1. The van der Waals surface area contributed by atoms with Crippen LogP contribution in [-0.4, -0.2) is 70.3 Å². The number of piperidine rings is 1. The van der Waals surface area contributed by atoms with Crippen molar-refractivity contribution in [1.82, 2.24) is 14.8 Å². The largest absolute Gasteiger partial charge is 0.465 e. The standard InChI is InChI=1S/C19H21N3O4S/c23-17(15-12-27-16(20-15)14-4-2-1-3-5-14)22-10-11-26-19(13-22)6-8-21(9-7-19)18(24)25/h1-5,12H,6-11,13H2,(H,24,25). The van der Waals surface area contributed by atoms with Crippen molar-refractivity contribution >= 4 is 23.3 Å². The lowest BCUT2D eigenvalue weighted by molar-refractivity contribution is -0.124. The fourth-order valence-electron chi connectivity index (χ4n) is 3.67. The minimum Gasteiger partial charge on any atom is -0.465 e. The van der Waals surface area contributed by atoms with Gasteiger partial charge in [-0.3, -0.25) is 4.79 Å². The molecule has 1 spiro atoms. The van der Waals surface area contributed by atoms with Crippen LogP contribution in [0.4, 0.5) is 4.79 Å². The molecule has 7 nitrogen and oxygen atoms in total. The average Bonchev–Trinajstić information content (AvgIpc) is 3.19. The molecule has 8 heteroatoms. The quantitative estimate of drug-likeness (QED) is 0.857. The second kappa shape index (κ2) is 7.28. The van der Waals surface area contributed by atoms with Crippen molar-refractivity contribution in [1.29, 1.82) is 0 Å². The summed E-state index contributed by atoms with van der Waals surface area (Å²) in [5.74, 6) is -0.0863. The number of carbonyl (C=O) groups is 2. The number of likely N-dealkylation sites (tertiary alicyclic amines) is 1. The molecule has 1 aromatic carbocycles. The third-order valence-electron chi connectivity index (χ3n) is 5.22. The highest BCUT2D eigenvalue weighted by Crippen LogP contribution is 2.31. The maximum atomic E-state index is 13.0. The first-order chi connectivity index (χ1) is 13.1. The summed E-state index contributed by atoms with van der Waals surface area (Å²) < 4.78 is 5.99. The summed E-state index contributed by atoms with van der Waals surface area (Å²) in [7, 11) is 0. The molecule has 1 N–H and O–H groups in total. The molecule has 0 saturated carbocycles. The van der Waals surface area contributed by atoms with E-state index in [9.17, 15) is 9.59 Å². The van der Waals surface area contributed by atoms with Gasteiger partial charge in [0.25, 0.3) is 5.91 Å². The number of hydrogen-bond acceptors (Lipinski definition) is 5. The normalized spacial score (nSPS) is 19.3. The van der Waals surface area contributed by atoms with E-state index in [-0.39, 0.29) is 5.91 Å². The summed E-state index contributed by atoms with van der Waals surface area (Å²) in [6.45, 7) is 2.35. The third-order valence-corrected chi connectivity index (χ3v) is 6.12. The first-order valence-corrected chi connectivity index (χ1v) is 9.86. The zero-order chi connectivity index (χ0) is 18.9. The van der Waals surface area contributed by atoms with Crippen LogP contribution in [0.5, 0.6) is 0 Å². The van der Waals surface area contributed by atoms with Gasteiger partial charge in [-0.25, -0.2) is 9.78 Å². The highest BCUT2D eigenvalue weighted by molar-refractivity contribution is 7.13. The predicted octanol–water partition coefficient (Wildman–Crippen LogP) is 2.80. The first-order valence-electron chi connectivity index (χ1n) is 8.98. The predicted molar refractivity (Wildman–Crippen MR) is 101 cm³/mol. The van der Waals surface area contributed by atoms with Gasteiger partial charge >= 0.3 is 6.09 Å². The molecule has 4 rings (SSSR count). The zero-order valence-electron chi connectivity index (χ0n) is 14.8. The Hall–Kier alpha value is -2.45. The average molecular weight is 387 g/mol. The van der Waals surface area contributed by atoms with Crippen molar-refractivity contribution in [2.45, 2.75) is 18.4 Å². The van der Waals surface area contributed by atoms with Crippen molar-refractivity contribution in [3.05, 3.63) is 41.4 Å². The molecule has 2 aromatic rings. The Morgan fingerprint density at radius 2 is 1.85 bits per heavy atom. The zero-order valence-corrected chi connectivity index (χ0v) is 15.7. The molecular weight excluding hydrogens is 366 g/mol. The van der Waals surface area contributed by atoms with E-state index in [0.717, 1.165) is 10.6 Å². The maximum absolute atomic E-state index is 13.0. The highest BCUT2D eigenvalue weighted by Gasteiger charge is 2.42. The molecule has 142 valence electrons. The van der Waals surface area contributed by atoms with E-state index < -0.39 is 11.7 Å². The van der Waals surface area contributed by atoms with Crippen LogP contribution in [0, 0.1) is 0 Å². The number of aromatic nitrogens is 1. The van der Waals surface area contributed by atoms with Gasteiger partial charge in [0.2, 0.25) is 0 Å². The van der Waals surface area contributed by atoms with Crippen molar-refractivity contribution in [2.24, 2.45) is 0 Å². The third kappa shape index (κ3) is 3.68. The smallest absolute Gasteiger partial charge is 0.407 e. The number of hydrogen-bond donors (Lipinski definition) is 1. The van der Waals surface area contributed by atoms with Crippen LogP contribution < -0.4 is 0 Å². The summed E-state index contributed by atoms with van der Waals surface area (Å²) in [5.41, 5.74) is 1.01. The Bertz CT molecular complexity index is 830. The Morgan fingerprint density at radius 1 is 1.11 bits per heavy atom. The van der Waals surface area contributed by atoms with E-state index in [1.165, 1.54) is 16.2 Å². The maximum Gasteiger partial charge on any atom is 0.407 e. The molecule has 1 aromatic heterocycles. The van der Waals surface area contributed by atoms with E-state index in [0.29, 0.717) is 51.3 Å². The number of morpholine rings is 1. The number of carboxylic acid groups (broad SMARTS) is 1. The second-order valence-electron chi connectivity index (χ2n) is 6.93. The molecule has 0 unspecified atom stereocenters. The van der Waals surface area contributed by atoms with Crippen LogP contribution in [0.3, 0.4) is 0 Å². The summed E-state index contributed by atoms with van der Waals surface area (Å²) in [5, 5.41) is 11.8. The Balaban J connectivity index is 1.45. The van der Waals surface area contributed by atoms with E-state index in [2.05, 4.69) is 4.98 Å². The lowest BCUT2D eigenvalue weighted by Gasteiger charge is -2.46. The van der Waals surface area contributed by atoms with Crippen LogP contribution in [0.25, 0.3) is 10.6 Å². The fourth-order valence-corrected chi connectivity index (χ4v) is 4.47. The number of amides is 2. The van der Waals surface area contributed by atoms with E-state index in [1.54, 1.807) is 10.3 Å². The van der Waals surface area contributed by atoms with Crippen LogP contribution >= 0.6 is 11.3 Å². The molecule has 2 aliphatic heterocycles. The topological polar surface area (TPSA) is 83.0 Å². The molecule has 2 fully saturated rings. The lowest BCUT2D eigenvalue weighted by atomic mass is 9.89. The molecule has 0 aliphatic carbocycles. The molecule has 2 saturated heterocycles. The lowest BCUT2D eigenvalue weighted by Crippen LogP contribution is -2.58. The first kappa shape index (κ1) is 17.9. The van der Waals surface area contributed by atoms with Crippen LogP contribution in [-0.2, 0) is 4.74 Å². The summed E-state index contributed by atoms with van der Waals surface area (Å²) in [6.07, 6.45) is 0.315. The van der Waals surface area contributed by atoms with Gasteiger partial charge in [0.15, 0.2) is 0 Å².